The lowest BCUT2D eigenvalue weighted by Crippen LogP contribution is -2.41. The Bertz CT molecular complexity index is 1510. The van der Waals surface area contributed by atoms with Crippen molar-refractivity contribution in [3.05, 3.63) is 53.5 Å². The monoisotopic (exact) mass is 479 g/mol. The number of carbonyl (C=O) groups is 1. The van der Waals surface area contributed by atoms with Gasteiger partial charge in [0.1, 0.15) is 40.5 Å². The molecule has 3 heterocycles. The number of rotatable bonds is 4. The third kappa shape index (κ3) is 3.70. The van der Waals surface area contributed by atoms with Crippen LogP contribution in [-0.4, -0.2) is 49.8 Å². The molecule has 1 amide bonds. The molecule has 8 nitrogen and oxygen atoms in total. The molecule has 0 unspecified atom stereocenters. The molecule has 0 bridgehead atoms. The minimum Gasteiger partial charge on any atom is -0.508 e. The van der Waals surface area contributed by atoms with Crippen LogP contribution in [0.4, 0.5) is 14.6 Å². The fraction of sp³-hybridized carbons (Fsp3) is 0.280. The summed E-state index contributed by atoms with van der Waals surface area (Å²) in [5.74, 6) is -1.46. The summed E-state index contributed by atoms with van der Waals surface area (Å²) in [7, 11) is 0. The van der Waals surface area contributed by atoms with Crippen LogP contribution in [0.25, 0.3) is 32.9 Å². The molecule has 4 aromatic rings. The number of aromatic nitrogens is 3. The SMILES string of the molecule is CCc1c(F)ccc2cc(O)cc(-c3ncc4c(N5C[C@H](O)C[C@H]5C(N)=O)nc(C)nc4c3F)c12. The van der Waals surface area contributed by atoms with E-state index in [1.54, 1.807) is 18.7 Å². The largest absolute Gasteiger partial charge is 0.508 e. The molecular weight excluding hydrogens is 456 g/mol. The van der Waals surface area contributed by atoms with Crippen LogP contribution in [0.2, 0.25) is 0 Å². The Morgan fingerprint density at radius 1 is 1.26 bits per heavy atom. The average molecular weight is 479 g/mol. The Morgan fingerprint density at radius 2 is 2.03 bits per heavy atom. The molecule has 0 spiro atoms. The number of aromatic hydroxyl groups is 1. The third-order valence-corrected chi connectivity index (χ3v) is 6.42. The van der Waals surface area contributed by atoms with E-state index in [4.69, 9.17) is 5.73 Å². The number of aryl methyl sites for hydroxylation is 2. The number of hydrogen-bond acceptors (Lipinski definition) is 7. The number of phenols is 1. The maximum atomic E-state index is 16.0. The number of anilines is 1. The number of aliphatic hydroxyl groups excluding tert-OH is 1. The van der Waals surface area contributed by atoms with E-state index in [1.165, 1.54) is 30.5 Å². The highest BCUT2D eigenvalue weighted by molar-refractivity contribution is 6.02. The minimum absolute atomic E-state index is 0.0481. The molecule has 1 aliphatic rings. The molecule has 5 rings (SSSR count). The van der Waals surface area contributed by atoms with Gasteiger partial charge in [0, 0.05) is 24.7 Å². The molecule has 1 saturated heterocycles. The first-order chi connectivity index (χ1) is 16.7. The summed E-state index contributed by atoms with van der Waals surface area (Å²) in [5.41, 5.74) is 6.00. The zero-order valence-electron chi connectivity index (χ0n) is 19.1. The Morgan fingerprint density at radius 3 is 2.74 bits per heavy atom. The first-order valence-electron chi connectivity index (χ1n) is 11.2. The maximum Gasteiger partial charge on any atom is 0.240 e. The van der Waals surface area contributed by atoms with Crippen LogP contribution in [-0.2, 0) is 11.2 Å². The van der Waals surface area contributed by atoms with E-state index in [0.717, 1.165) is 0 Å². The number of phenolic OH excluding ortho intramolecular Hbond substituents is 1. The number of benzene rings is 2. The summed E-state index contributed by atoms with van der Waals surface area (Å²) in [4.78, 5) is 26.5. The van der Waals surface area contributed by atoms with E-state index < -0.39 is 29.7 Å². The number of β-amino-alcohol motifs (C(OH)–C–C–N with tert-alkyl or cyclic N) is 1. The summed E-state index contributed by atoms with van der Waals surface area (Å²) in [6.07, 6.45) is 1.07. The second-order valence-corrected chi connectivity index (χ2v) is 8.71. The summed E-state index contributed by atoms with van der Waals surface area (Å²) in [6, 6.07) is 4.88. The normalized spacial score (nSPS) is 18.0. The molecular formula is C25H23F2N5O3. The molecule has 1 fully saturated rings. The van der Waals surface area contributed by atoms with Gasteiger partial charge in [-0.3, -0.25) is 9.78 Å². The maximum absolute atomic E-state index is 16.0. The summed E-state index contributed by atoms with van der Waals surface area (Å²) < 4.78 is 30.7. The number of nitrogens with two attached hydrogens (primary N) is 1. The van der Waals surface area contributed by atoms with Crippen LogP contribution in [0.5, 0.6) is 5.75 Å². The number of amides is 1. The zero-order valence-corrected chi connectivity index (χ0v) is 19.1. The predicted molar refractivity (Wildman–Crippen MR) is 127 cm³/mol. The van der Waals surface area contributed by atoms with Gasteiger partial charge in [-0.05, 0) is 47.9 Å². The van der Waals surface area contributed by atoms with Crippen molar-refractivity contribution in [2.45, 2.75) is 38.8 Å². The lowest BCUT2D eigenvalue weighted by molar-refractivity contribution is -0.119. The summed E-state index contributed by atoms with van der Waals surface area (Å²) >= 11 is 0. The van der Waals surface area contributed by atoms with Crippen LogP contribution in [0.15, 0.2) is 30.5 Å². The van der Waals surface area contributed by atoms with Crippen LogP contribution < -0.4 is 10.6 Å². The Kier molecular flexibility index (Phi) is 5.47. The standard InChI is InChI=1S/C25H23F2N5O3/c1-3-15-18(26)5-4-12-6-13(33)7-16(20(12)15)22-21(27)23-17(9-29-22)25(31-11(2)30-23)32-10-14(34)8-19(32)24(28)35/h4-7,9,14,19,33-34H,3,8,10H2,1-2H3,(H2,28,35)/t14-,19+/m1/s1. The second-order valence-electron chi connectivity index (χ2n) is 8.71. The van der Waals surface area contributed by atoms with Crippen molar-refractivity contribution in [1.82, 2.24) is 15.0 Å². The lowest BCUT2D eigenvalue weighted by atomic mass is 9.94. The lowest BCUT2D eigenvalue weighted by Gasteiger charge is -2.24. The molecule has 0 aliphatic carbocycles. The number of primary amides is 1. The number of aliphatic hydroxyl groups is 1. The topological polar surface area (TPSA) is 125 Å². The Labute approximate surface area is 199 Å². The van der Waals surface area contributed by atoms with Gasteiger partial charge < -0.3 is 20.8 Å². The predicted octanol–water partition coefficient (Wildman–Crippen LogP) is 3.12. The molecule has 1 aliphatic heterocycles. The van der Waals surface area contributed by atoms with Crippen molar-refractivity contribution in [3.8, 4) is 17.0 Å². The minimum atomic E-state index is -0.810. The first kappa shape index (κ1) is 22.9. The molecule has 35 heavy (non-hydrogen) atoms. The molecule has 2 aromatic carbocycles. The molecule has 0 saturated carbocycles. The van der Waals surface area contributed by atoms with Crippen molar-refractivity contribution in [2.75, 3.05) is 11.4 Å². The summed E-state index contributed by atoms with van der Waals surface area (Å²) in [5, 5.41) is 21.7. The van der Waals surface area contributed by atoms with Crippen molar-refractivity contribution in [1.29, 1.82) is 0 Å². The Hall–Kier alpha value is -3.92. The second kappa shape index (κ2) is 8.38. The van der Waals surface area contributed by atoms with Crippen LogP contribution in [0.1, 0.15) is 24.7 Å². The third-order valence-electron chi connectivity index (χ3n) is 6.42. The van der Waals surface area contributed by atoms with E-state index in [1.807, 2.05) is 0 Å². The van der Waals surface area contributed by atoms with E-state index in [2.05, 4.69) is 15.0 Å². The fourth-order valence-corrected chi connectivity index (χ4v) is 4.91. The quantitative estimate of drug-likeness (QED) is 0.411. The molecule has 4 N–H and O–H groups in total. The number of hydrogen-bond donors (Lipinski definition) is 3. The molecule has 2 atom stereocenters. The van der Waals surface area contributed by atoms with E-state index >= 15 is 4.39 Å². The van der Waals surface area contributed by atoms with Gasteiger partial charge in [0.15, 0.2) is 5.82 Å². The van der Waals surface area contributed by atoms with Crippen molar-refractivity contribution in [3.63, 3.8) is 0 Å². The van der Waals surface area contributed by atoms with Gasteiger partial charge >= 0.3 is 0 Å². The number of pyridine rings is 1. The molecule has 0 radical (unpaired) electrons. The van der Waals surface area contributed by atoms with Gasteiger partial charge in [-0.2, -0.15) is 0 Å². The number of carbonyl (C=O) groups excluding carboxylic acids is 1. The van der Waals surface area contributed by atoms with Crippen molar-refractivity contribution in [2.24, 2.45) is 5.73 Å². The zero-order chi connectivity index (χ0) is 25.0. The van der Waals surface area contributed by atoms with Gasteiger partial charge in [-0.25, -0.2) is 18.7 Å². The van der Waals surface area contributed by atoms with E-state index in [9.17, 15) is 19.4 Å². The highest BCUT2D eigenvalue weighted by Gasteiger charge is 2.37. The van der Waals surface area contributed by atoms with E-state index in [0.29, 0.717) is 22.8 Å². The van der Waals surface area contributed by atoms with Gasteiger partial charge in [-0.15, -0.1) is 0 Å². The van der Waals surface area contributed by atoms with Gasteiger partial charge in [0.05, 0.1) is 11.5 Å². The highest BCUT2D eigenvalue weighted by Crippen LogP contribution is 2.39. The van der Waals surface area contributed by atoms with Crippen LogP contribution in [0.3, 0.4) is 0 Å². The van der Waals surface area contributed by atoms with Gasteiger partial charge in [0.25, 0.3) is 0 Å². The van der Waals surface area contributed by atoms with Gasteiger partial charge in [0.2, 0.25) is 5.91 Å². The van der Waals surface area contributed by atoms with Crippen LogP contribution in [0, 0.1) is 18.6 Å². The number of fused-ring (bicyclic) bond motifs is 2. The van der Waals surface area contributed by atoms with Gasteiger partial charge in [-0.1, -0.05) is 13.0 Å². The average Bonchev–Trinajstić information content (AvgIpc) is 3.21. The van der Waals surface area contributed by atoms with E-state index in [-0.39, 0.29) is 52.5 Å². The molecule has 2 aromatic heterocycles. The molecule has 10 heteroatoms. The fourth-order valence-electron chi connectivity index (χ4n) is 4.91. The summed E-state index contributed by atoms with van der Waals surface area (Å²) in [6.45, 7) is 3.47. The highest BCUT2D eigenvalue weighted by atomic mass is 19.1. The molecule has 180 valence electrons. The first-order valence-corrected chi connectivity index (χ1v) is 11.2. The smallest absolute Gasteiger partial charge is 0.240 e. The Balaban J connectivity index is 1.78. The number of halogens is 2. The number of nitrogens with zero attached hydrogens (tertiary/aromatic N) is 4. The van der Waals surface area contributed by atoms with Crippen molar-refractivity contribution >= 4 is 33.4 Å². The van der Waals surface area contributed by atoms with Crippen molar-refractivity contribution < 1.29 is 23.8 Å². The van der Waals surface area contributed by atoms with Crippen LogP contribution >= 0.6 is 0 Å².